The number of hydrogen-bond donors (Lipinski definition) is 2. The van der Waals surface area contributed by atoms with E-state index in [0.29, 0.717) is 11.0 Å². The number of esters is 2. The fourth-order valence-electron chi connectivity index (χ4n) is 3.26. The van der Waals surface area contributed by atoms with Crippen LogP contribution in [0.3, 0.4) is 0 Å². The van der Waals surface area contributed by atoms with Crippen molar-refractivity contribution in [3.8, 4) is 12.3 Å². The first-order chi connectivity index (χ1) is 14.6. The SMILES string of the molecule is C#C[C@@]1(O)[C@H](OC(=O)C(C)C)[C@@H](COC(=O)C(C)C)O[C@H]1n1ccc2c(N)ncnc21. The molecular weight excluding hydrogens is 404 g/mol. The summed E-state index contributed by atoms with van der Waals surface area (Å²) < 4.78 is 18.3. The van der Waals surface area contributed by atoms with Gasteiger partial charge in [-0.15, -0.1) is 6.42 Å². The summed E-state index contributed by atoms with van der Waals surface area (Å²) in [6.07, 6.45) is 5.09. The zero-order valence-electron chi connectivity index (χ0n) is 17.8. The number of aromatic nitrogens is 3. The average molecular weight is 430 g/mol. The smallest absolute Gasteiger partial charge is 0.308 e. The predicted molar refractivity (Wildman–Crippen MR) is 110 cm³/mol. The molecule has 0 saturated carbocycles. The van der Waals surface area contributed by atoms with E-state index >= 15 is 0 Å². The average Bonchev–Trinajstić information content (AvgIpc) is 3.27. The highest BCUT2D eigenvalue weighted by Gasteiger charge is 2.59. The standard InChI is InChI=1S/C21H26N4O6/c1-6-21(28)15(31-19(27)12(4)5)14(9-29-18(26)11(2)3)30-20(21)25-8-7-13-16(22)23-10-24-17(13)25/h1,7-8,10-12,14-15,20,28H,9H2,2-5H3,(H2,22,23,24)/t14-,15-,20-,21-/m1/s1. The molecule has 4 atom stereocenters. The normalized spacial score (nSPS) is 25.7. The molecule has 166 valence electrons. The number of anilines is 1. The van der Waals surface area contributed by atoms with Crippen molar-refractivity contribution >= 4 is 28.8 Å². The molecule has 10 heteroatoms. The maximum absolute atomic E-state index is 12.3. The first kappa shape index (κ1) is 22.5. The molecule has 2 aromatic rings. The van der Waals surface area contributed by atoms with Crippen LogP contribution in [-0.2, 0) is 23.8 Å². The second-order valence-corrected chi connectivity index (χ2v) is 8.01. The van der Waals surface area contributed by atoms with Crippen LogP contribution in [0.15, 0.2) is 18.6 Å². The van der Waals surface area contributed by atoms with Crippen molar-refractivity contribution in [1.29, 1.82) is 0 Å². The number of nitrogens with zero attached hydrogens (tertiary/aromatic N) is 3. The van der Waals surface area contributed by atoms with Gasteiger partial charge in [0.15, 0.2) is 12.3 Å². The van der Waals surface area contributed by atoms with Gasteiger partial charge in [-0.1, -0.05) is 33.6 Å². The lowest BCUT2D eigenvalue weighted by molar-refractivity contribution is -0.166. The largest absolute Gasteiger partial charge is 0.463 e. The van der Waals surface area contributed by atoms with Crippen LogP contribution in [-0.4, -0.2) is 56.0 Å². The Morgan fingerprint density at radius 3 is 2.61 bits per heavy atom. The van der Waals surface area contributed by atoms with E-state index in [-0.39, 0.29) is 18.3 Å². The number of carbonyl (C=O) groups is 2. The number of carbonyl (C=O) groups excluding carboxylic acids is 2. The van der Waals surface area contributed by atoms with Crippen LogP contribution in [0.25, 0.3) is 11.0 Å². The minimum atomic E-state index is -2.06. The molecule has 1 fully saturated rings. The third-order valence-corrected chi connectivity index (χ3v) is 5.05. The Kier molecular flexibility index (Phi) is 6.20. The number of fused-ring (bicyclic) bond motifs is 1. The van der Waals surface area contributed by atoms with Crippen molar-refractivity contribution in [2.24, 2.45) is 11.8 Å². The number of nitrogen functional groups attached to an aromatic ring is 1. The Morgan fingerprint density at radius 2 is 2.00 bits per heavy atom. The molecule has 0 bridgehead atoms. The molecule has 31 heavy (non-hydrogen) atoms. The molecule has 1 aliphatic rings. The molecule has 0 amide bonds. The Bertz CT molecular complexity index is 1030. The molecule has 3 rings (SSSR count). The van der Waals surface area contributed by atoms with E-state index in [2.05, 4.69) is 15.9 Å². The Hall–Kier alpha value is -3.16. The summed E-state index contributed by atoms with van der Waals surface area (Å²) in [5.74, 6) is 0.679. The van der Waals surface area contributed by atoms with Gasteiger partial charge in [-0.2, -0.15) is 0 Å². The molecule has 2 aromatic heterocycles. The molecule has 3 heterocycles. The van der Waals surface area contributed by atoms with Gasteiger partial charge >= 0.3 is 11.9 Å². The molecule has 0 radical (unpaired) electrons. The minimum Gasteiger partial charge on any atom is -0.463 e. The third kappa shape index (κ3) is 4.06. The van der Waals surface area contributed by atoms with Crippen molar-refractivity contribution in [3.63, 3.8) is 0 Å². The first-order valence-corrected chi connectivity index (χ1v) is 9.89. The summed E-state index contributed by atoms with van der Waals surface area (Å²) in [4.78, 5) is 32.4. The van der Waals surface area contributed by atoms with Crippen LogP contribution in [0.2, 0.25) is 0 Å². The summed E-state index contributed by atoms with van der Waals surface area (Å²) in [7, 11) is 0. The van der Waals surface area contributed by atoms with E-state index in [1.165, 1.54) is 10.9 Å². The van der Waals surface area contributed by atoms with Gasteiger partial charge in [0.2, 0.25) is 5.60 Å². The molecular formula is C21H26N4O6. The van der Waals surface area contributed by atoms with Crippen molar-refractivity contribution in [2.45, 2.75) is 51.7 Å². The van der Waals surface area contributed by atoms with E-state index < -0.39 is 41.9 Å². The summed E-state index contributed by atoms with van der Waals surface area (Å²) in [5.41, 5.74) is 4.21. The van der Waals surface area contributed by atoms with Crippen LogP contribution >= 0.6 is 0 Å². The Morgan fingerprint density at radius 1 is 1.32 bits per heavy atom. The van der Waals surface area contributed by atoms with Crippen LogP contribution in [0.1, 0.15) is 33.9 Å². The molecule has 10 nitrogen and oxygen atoms in total. The van der Waals surface area contributed by atoms with E-state index in [1.807, 2.05) is 0 Å². The summed E-state index contributed by atoms with van der Waals surface area (Å²) in [5, 5.41) is 12.0. The van der Waals surface area contributed by atoms with Crippen molar-refractivity contribution in [2.75, 3.05) is 12.3 Å². The summed E-state index contributed by atoms with van der Waals surface area (Å²) >= 11 is 0. The molecule has 0 spiro atoms. The van der Waals surface area contributed by atoms with Gasteiger partial charge in [-0.05, 0) is 6.07 Å². The number of hydrogen-bond acceptors (Lipinski definition) is 9. The zero-order chi connectivity index (χ0) is 22.9. The van der Waals surface area contributed by atoms with E-state index in [4.69, 9.17) is 26.4 Å². The highest BCUT2D eigenvalue weighted by atomic mass is 16.6. The van der Waals surface area contributed by atoms with Crippen LogP contribution in [0, 0.1) is 24.2 Å². The van der Waals surface area contributed by atoms with Gasteiger partial charge in [0.05, 0.1) is 17.2 Å². The topological polar surface area (TPSA) is 139 Å². The van der Waals surface area contributed by atoms with E-state index in [1.54, 1.807) is 40.0 Å². The van der Waals surface area contributed by atoms with Gasteiger partial charge < -0.3 is 29.6 Å². The number of terminal acetylenes is 1. The molecule has 0 aliphatic carbocycles. The molecule has 1 aliphatic heterocycles. The first-order valence-electron chi connectivity index (χ1n) is 9.89. The predicted octanol–water partition coefficient (Wildman–Crippen LogP) is 1.04. The maximum Gasteiger partial charge on any atom is 0.308 e. The van der Waals surface area contributed by atoms with Gasteiger partial charge in [-0.25, -0.2) is 9.97 Å². The lowest BCUT2D eigenvalue weighted by atomic mass is 9.94. The fraction of sp³-hybridized carbons (Fsp3) is 0.524. The van der Waals surface area contributed by atoms with E-state index in [0.717, 1.165) is 0 Å². The number of aliphatic hydroxyl groups is 1. The highest BCUT2D eigenvalue weighted by Crippen LogP contribution is 2.42. The lowest BCUT2D eigenvalue weighted by Gasteiger charge is -2.29. The lowest BCUT2D eigenvalue weighted by Crippen LogP contribution is -2.49. The van der Waals surface area contributed by atoms with Crippen molar-refractivity contribution < 1.29 is 28.9 Å². The summed E-state index contributed by atoms with van der Waals surface area (Å²) in [6.45, 7) is 6.41. The van der Waals surface area contributed by atoms with Crippen LogP contribution < -0.4 is 5.73 Å². The van der Waals surface area contributed by atoms with Crippen molar-refractivity contribution in [1.82, 2.24) is 14.5 Å². The Labute approximate surface area is 179 Å². The zero-order valence-corrected chi connectivity index (χ0v) is 17.8. The third-order valence-electron chi connectivity index (χ3n) is 5.05. The van der Waals surface area contributed by atoms with Crippen molar-refractivity contribution in [3.05, 3.63) is 18.6 Å². The quantitative estimate of drug-likeness (QED) is 0.508. The number of nitrogens with two attached hydrogens (primary N) is 1. The van der Waals surface area contributed by atoms with Crippen LogP contribution in [0.5, 0.6) is 0 Å². The highest BCUT2D eigenvalue weighted by molar-refractivity contribution is 5.86. The summed E-state index contributed by atoms with van der Waals surface area (Å²) in [6, 6.07) is 1.66. The molecule has 1 saturated heterocycles. The van der Waals surface area contributed by atoms with E-state index in [9.17, 15) is 14.7 Å². The second-order valence-electron chi connectivity index (χ2n) is 8.01. The van der Waals surface area contributed by atoms with Gasteiger partial charge in [-0.3, -0.25) is 9.59 Å². The molecule has 0 unspecified atom stereocenters. The Balaban J connectivity index is 2.01. The number of ether oxygens (including phenoxy) is 3. The van der Waals surface area contributed by atoms with Gasteiger partial charge in [0.1, 0.15) is 30.5 Å². The van der Waals surface area contributed by atoms with Gasteiger partial charge in [0.25, 0.3) is 0 Å². The molecule has 3 N–H and O–H groups in total. The number of rotatable bonds is 6. The molecule has 0 aromatic carbocycles. The fourth-order valence-corrected chi connectivity index (χ4v) is 3.26. The van der Waals surface area contributed by atoms with Gasteiger partial charge in [0, 0.05) is 6.20 Å². The maximum atomic E-state index is 12.3. The van der Waals surface area contributed by atoms with Crippen LogP contribution in [0.4, 0.5) is 5.82 Å². The minimum absolute atomic E-state index is 0.246. The monoisotopic (exact) mass is 430 g/mol. The second kappa shape index (κ2) is 8.53.